The normalized spacial score (nSPS) is 16.8. The molecule has 0 radical (unpaired) electrons. The Hall–Kier alpha value is -1.67. The van der Waals surface area contributed by atoms with Gasteiger partial charge in [-0.1, -0.05) is 20.3 Å². The van der Waals surface area contributed by atoms with Crippen molar-refractivity contribution in [3.8, 4) is 0 Å². The summed E-state index contributed by atoms with van der Waals surface area (Å²) in [7, 11) is 0. The molecule has 0 heterocycles. The first-order valence-electron chi connectivity index (χ1n) is 6.15. The monoisotopic (exact) mass is 292 g/mol. The minimum Gasteiger partial charge on any atom is -0.481 e. The number of carbonyl (C=O) groups is 3. The van der Waals surface area contributed by atoms with Gasteiger partial charge in [0.05, 0.1) is 12.8 Å². The summed E-state index contributed by atoms with van der Waals surface area (Å²) in [5.74, 6) is -4.49. The Balaban J connectivity index is 4.55. The average molecular weight is 292 g/mol. The number of carbonyl (C=O) groups excluding carboxylic acids is 1. The predicted octanol–water partition coefficient (Wildman–Crippen LogP) is -0.0353. The Labute approximate surface area is 116 Å². The topological polar surface area (TPSA) is 141 Å². The zero-order chi connectivity index (χ0) is 15.9. The van der Waals surface area contributed by atoms with Gasteiger partial charge in [0.15, 0.2) is 5.60 Å². The number of esters is 1. The highest BCUT2D eigenvalue weighted by Gasteiger charge is 2.41. The van der Waals surface area contributed by atoms with Crippen LogP contribution in [0.5, 0.6) is 0 Å². The fourth-order valence-corrected chi connectivity index (χ4v) is 1.46. The van der Waals surface area contributed by atoms with Crippen molar-refractivity contribution in [3.05, 3.63) is 0 Å². The lowest BCUT2D eigenvalue weighted by atomic mass is 9.96. The molecule has 3 unspecified atom stereocenters. The lowest BCUT2D eigenvalue weighted by molar-refractivity contribution is -0.183. The molecule has 0 fully saturated rings. The minimum atomic E-state index is -2.75. The SMILES string of the molecule is CCC(C)CC(O)OC(=O)CC(O)(CC(=O)O)C(=O)O. The Kier molecular flexibility index (Phi) is 7.16. The van der Waals surface area contributed by atoms with E-state index in [0.717, 1.165) is 6.42 Å². The van der Waals surface area contributed by atoms with Crippen molar-refractivity contribution >= 4 is 17.9 Å². The zero-order valence-electron chi connectivity index (χ0n) is 11.4. The second kappa shape index (κ2) is 7.81. The summed E-state index contributed by atoms with van der Waals surface area (Å²) in [4.78, 5) is 32.7. The van der Waals surface area contributed by atoms with Gasteiger partial charge in [0.2, 0.25) is 6.29 Å². The summed E-state index contributed by atoms with van der Waals surface area (Å²) < 4.78 is 4.55. The molecule has 0 aliphatic rings. The van der Waals surface area contributed by atoms with Crippen LogP contribution >= 0.6 is 0 Å². The van der Waals surface area contributed by atoms with Crippen molar-refractivity contribution in [3.63, 3.8) is 0 Å². The summed E-state index contributed by atoms with van der Waals surface area (Å²) in [5.41, 5.74) is -2.75. The third-order valence-corrected chi connectivity index (χ3v) is 2.85. The molecule has 0 aromatic heterocycles. The van der Waals surface area contributed by atoms with Crippen LogP contribution in [0.3, 0.4) is 0 Å². The summed E-state index contributed by atoms with van der Waals surface area (Å²) in [5, 5.41) is 36.3. The fraction of sp³-hybridized carbons (Fsp3) is 0.750. The third kappa shape index (κ3) is 6.48. The van der Waals surface area contributed by atoms with Crippen LogP contribution in [-0.2, 0) is 19.1 Å². The third-order valence-electron chi connectivity index (χ3n) is 2.85. The van der Waals surface area contributed by atoms with Crippen molar-refractivity contribution in [1.82, 2.24) is 0 Å². The van der Waals surface area contributed by atoms with E-state index < -0.39 is 42.6 Å². The van der Waals surface area contributed by atoms with Crippen LogP contribution in [0.1, 0.15) is 39.5 Å². The number of hydrogen-bond donors (Lipinski definition) is 4. The van der Waals surface area contributed by atoms with Crippen molar-refractivity contribution < 1.29 is 39.5 Å². The first kappa shape index (κ1) is 18.3. The summed E-state index contributed by atoms with van der Waals surface area (Å²) in [6.45, 7) is 3.71. The van der Waals surface area contributed by atoms with Crippen molar-refractivity contribution in [2.75, 3.05) is 0 Å². The van der Waals surface area contributed by atoms with Crippen LogP contribution in [0.25, 0.3) is 0 Å². The van der Waals surface area contributed by atoms with E-state index in [1.165, 1.54) is 0 Å². The Morgan fingerprint density at radius 3 is 2.15 bits per heavy atom. The Morgan fingerprint density at radius 2 is 1.75 bits per heavy atom. The van der Waals surface area contributed by atoms with Crippen LogP contribution in [0, 0.1) is 5.92 Å². The molecule has 3 atom stereocenters. The molecule has 0 aliphatic heterocycles. The maximum absolute atomic E-state index is 11.4. The molecule has 0 bridgehead atoms. The van der Waals surface area contributed by atoms with Gasteiger partial charge in [-0.3, -0.25) is 9.59 Å². The molecule has 0 aromatic rings. The fourth-order valence-electron chi connectivity index (χ4n) is 1.46. The maximum atomic E-state index is 11.4. The highest BCUT2D eigenvalue weighted by Crippen LogP contribution is 2.18. The summed E-state index contributed by atoms with van der Waals surface area (Å²) in [6, 6.07) is 0. The first-order valence-corrected chi connectivity index (χ1v) is 6.15. The van der Waals surface area contributed by atoms with Gasteiger partial charge in [0.25, 0.3) is 0 Å². The number of aliphatic hydroxyl groups is 2. The molecule has 0 rings (SSSR count). The molecule has 0 spiro atoms. The van der Waals surface area contributed by atoms with Gasteiger partial charge < -0.3 is 25.2 Å². The van der Waals surface area contributed by atoms with E-state index in [9.17, 15) is 24.6 Å². The molecule has 0 saturated carbocycles. The lowest BCUT2D eigenvalue weighted by Crippen LogP contribution is -2.43. The summed E-state index contributed by atoms with van der Waals surface area (Å²) >= 11 is 0. The zero-order valence-corrected chi connectivity index (χ0v) is 11.4. The molecule has 0 aromatic carbocycles. The number of hydrogen-bond acceptors (Lipinski definition) is 6. The first-order chi connectivity index (χ1) is 9.10. The number of carboxylic acids is 2. The van der Waals surface area contributed by atoms with Crippen LogP contribution in [-0.4, -0.2) is 50.2 Å². The Bertz CT molecular complexity index is 366. The van der Waals surface area contributed by atoms with Gasteiger partial charge in [-0.05, 0) is 5.92 Å². The van der Waals surface area contributed by atoms with Crippen LogP contribution in [0.15, 0.2) is 0 Å². The van der Waals surface area contributed by atoms with Gasteiger partial charge in [-0.25, -0.2) is 4.79 Å². The maximum Gasteiger partial charge on any atom is 0.336 e. The number of ether oxygens (including phenoxy) is 1. The van der Waals surface area contributed by atoms with Gasteiger partial charge in [-0.2, -0.15) is 0 Å². The van der Waals surface area contributed by atoms with E-state index in [0.29, 0.717) is 0 Å². The van der Waals surface area contributed by atoms with E-state index in [1.54, 1.807) is 0 Å². The molecular formula is C12H20O8. The summed E-state index contributed by atoms with van der Waals surface area (Å²) in [6.07, 6.45) is -2.68. The average Bonchev–Trinajstić information content (AvgIpc) is 2.26. The number of aliphatic hydroxyl groups excluding tert-OH is 1. The molecule has 0 saturated heterocycles. The predicted molar refractivity (Wildman–Crippen MR) is 65.6 cm³/mol. The van der Waals surface area contributed by atoms with Gasteiger partial charge in [0.1, 0.15) is 0 Å². The smallest absolute Gasteiger partial charge is 0.336 e. The second-order valence-electron chi connectivity index (χ2n) is 4.78. The molecule has 20 heavy (non-hydrogen) atoms. The van der Waals surface area contributed by atoms with Crippen molar-refractivity contribution in [1.29, 1.82) is 0 Å². The number of rotatable bonds is 9. The highest BCUT2D eigenvalue weighted by molar-refractivity contribution is 5.88. The number of aliphatic carboxylic acids is 2. The standard InChI is InChI=1S/C12H20O8/c1-3-7(2)4-9(15)20-10(16)6-12(19,11(17)18)5-8(13)14/h7,9,15,19H,3-6H2,1-2H3,(H,13,14)(H,17,18). The molecule has 8 nitrogen and oxygen atoms in total. The van der Waals surface area contributed by atoms with E-state index in [2.05, 4.69) is 4.74 Å². The highest BCUT2D eigenvalue weighted by atomic mass is 16.6. The Morgan fingerprint density at radius 1 is 1.20 bits per heavy atom. The van der Waals surface area contributed by atoms with Gasteiger partial charge in [-0.15, -0.1) is 0 Å². The van der Waals surface area contributed by atoms with Crippen molar-refractivity contribution in [2.45, 2.75) is 51.4 Å². The van der Waals surface area contributed by atoms with Crippen LogP contribution < -0.4 is 0 Å². The lowest BCUT2D eigenvalue weighted by Gasteiger charge is -2.22. The number of carboxylic acid groups (broad SMARTS) is 2. The van der Waals surface area contributed by atoms with E-state index in [-0.39, 0.29) is 12.3 Å². The molecule has 116 valence electrons. The second-order valence-corrected chi connectivity index (χ2v) is 4.78. The van der Waals surface area contributed by atoms with Crippen LogP contribution in [0.4, 0.5) is 0 Å². The largest absolute Gasteiger partial charge is 0.481 e. The van der Waals surface area contributed by atoms with E-state index in [1.807, 2.05) is 13.8 Å². The van der Waals surface area contributed by atoms with Gasteiger partial charge in [0, 0.05) is 6.42 Å². The van der Waals surface area contributed by atoms with Crippen molar-refractivity contribution in [2.24, 2.45) is 5.92 Å². The quantitative estimate of drug-likeness (QED) is 0.343. The molecule has 0 amide bonds. The van der Waals surface area contributed by atoms with E-state index >= 15 is 0 Å². The molecule has 8 heteroatoms. The molecule has 4 N–H and O–H groups in total. The molecule has 0 aliphatic carbocycles. The molecular weight excluding hydrogens is 272 g/mol. The van der Waals surface area contributed by atoms with Gasteiger partial charge >= 0.3 is 17.9 Å². The minimum absolute atomic E-state index is 0.0928. The van der Waals surface area contributed by atoms with E-state index in [4.69, 9.17) is 10.2 Å². The van der Waals surface area contributed by atoms with Crippen LogP contribution in [0.2, 0.25) is 0 Å².